The first kappa shape index (κ1) is 19.7. The number of benzene rings is 1. The molecule has 3 aromatic rings. The minimum absolute atomic E-state index is 0.223. The molecule has 8 nitrogen and oxygen atoms in total. The number of hydrogen-bond donors (Lipinski definition) is 4. The highest BCUT2D eigenvalue weighted by molar-refractivity contribution is 6.00. The summed E-state index contributed by atoms with van der Waals surface area (Å²) in [7, 11) is 3.07. The van der Waals surface area contributed by atoms with Crippen LogP contribution in [0.2, 0.25) is 0 Å². The summed E-state index contributed by atoms with van der Waals surface area (Å²) in [4.78, 5) is 32.2. The minimum atomic E-state index is -0.447. The van der Waals surface area contributed by atoms with E-state index in [1.165, 1.54) is 25.4 Å². The van der Waals surface area contributed by atoms with Gasteiger partial charge in [0.2, 0.25) is 0 Å². The highest BCUT2D eigenvalue weighted by atomic mass is 19.1. The second kappa shape index (κ2) is 8.79. The molecule has 2 aromatic heterocycles. The van der Waals surface area contributed by atoms with Crippen molar-refractivity contribution < 1.29 is 14.0 Å². The van der Waals surface area contributed by atoms with E-state index in [2.05, 4.69) is 31.2 Å². The lowest BCUT2D eigenvalue weighted by Crippen LogP contribution is -2.20. The van der Waals surface area contributed by atoms with Crippen molar-refractivity contribution in [2.75, 3.05) is 24.7 Å². The first-order chi connectivity index (χ1) is 14.0. The fraction of sp³-hybridized carbons (Fsp3) is 0.100. The van der Waals surface area contributed by atoms with E-state index in [4.69, 9.17) is 0 Å². The molecule has 0 aliphatic heterocycles. The zero-order valence-electron chi connectivity index (χ0n) is 15.8. The van der Waals surface area contributed by atoms with Gasteiger partial charge in [0.1, 0.15) is 17.5 Å². The SMILES string of the molecule is CNC(=O)c1cccc(Nc2cc(Nc3ccc(F)cn3)ncc2C(=O)NC)c1. The van der Waals surface area contributed by atoms with E-state index in [1.54, 1.807) is 37.4 Å². The van der Waals surface area contributed by atoms with Crippen molar-refractivity contribution in [3.8, 4) is 0 Å². The Morgan fingerprint density at radius 3 is 2.31 bits per heavy atom. The van der Waals surface area contributed by atoms with Gasteiger partial charge in [0.05, 0.1) is 17.4 Å². The fourth-order valence-electron chi connectivity index (χ4n) is 2.56. The maximum Gasteiger partial charge on any atom is 0.254 e. The summed E-state index contributed by atoms with van der Waals surface area (Å²) in [6.07, 6.45) is 2.50. The minimum Gasteiger partial charge on any atom is -0.355 e. The van der Waals surface area contributed by atoms with Gasteiger partial charge in [-0.1, -0.05) is 6.07 Å². The summed E-state index contributed by atoms with van der Waals surface area (Å²) in [6, 6.07) is 11.2. The molecule has 0 atom stereocenters. The fourth-order valence-corrected chi connectivity index (χ4v) is 2.56. The largest absolute Gasteiger partial charge is 0.355 e. The lowest BCUT2D eigenvalue weighted by atomic mass is 10.1. The molecule has 0 fully saturated rings. The van der Waals surface area contributed by atoms with E-state index in [0.29, 0.717) is 34.1 Å². The van der Waals surface area contributed by atoms with Crippen LogP contribution < -0.4 is 21.3 Å². The van der Waals surface area contributed by atoms with Gasteiger partial charge in [0.25, 0.3) is 11.8 Å². The summed E-state index contributed by atoms with van der Waals surface area (Å²) in [5.41, 5.74) is 1.88. The molecule has 0 aliphatic rings. The highest BCUT2D eigenvalue weighted by Gasteiger charge is 2.13. The Morgan fingerprint density at radius 1 is 0.862 bits per heavy atom. The topological polar surface area (TPSA) is 108 Å². The molecule has 0 radical (unpaired) electrons. The summed E-state index contributed by atoms with van der Waals surface area (Å²) in [5.74, 6) is -0.189. The van der Waals surface area contributed by atoms with Crippen molar-refractivity contribution in [3.05, 3.63) is 71.8 Å². The number of rotatable bonds is 6. The van der Waals surface area contributed by atoms with Crippen LogP contribution >= 0.6 is 0 Å². The second-order valence-electron chi connectivity index (χ2n) is 5.97. The van der Waals surface area contributed by atoms with Gasteiger partial charge in [-0.25, -0.2) is 14.4 Å². The molecule has 0 unspecified atom stereocenters. The molecule has 148 valence electrons. The van der Waals surface area contributed by atoms with Gasteiger partial charge in [0, 0.05) is 37.6 Å². The third-order valence-corrected chi connectivity index (χ3v) is 3.99. The van der Waals surface area contributed by atoms with Crippen molar-refractivity contribution in [2.45, 2.75) is 0 Å². The summed E-state index contributed by atoms with van der Waals surface area (Å²) in [6.45, 7) is 0. The standard InChI is InChI=1S/C20H19FN6O2/c1-22-19(28)12-4-3-5-14(8-12)26-16-9-18(25-11-15(16)20(29)23-2)27-17-7-6-13(21)10-24-17/h3-11H,1-2H3,(H,22,28)(H,23,29)(H2,24,25,26,27). The Kier molecular flexibility index (Phi) is 5.98. The predicted molar refractivity (Wildman–Crippen MR) is 108 cm³/mol. The summed E-state index contributed by atoms with van der Waals surface area (Å²) < 4.78 is 13.0. The molecule has 3 rings (SSSR count). The van der Waals surface area contributed by atoms with E-state index in [1.807, 2.05) is 0 Å². The Bertz CT molecular complexity index is 1040. The van der Waals surface area contributed by atoms with Crippen LogP contribution in [-0.2, 0) is 0 Å². The quantitative estimate of drug-likeness (QED) is 0.512. The Morgan fingerprint density at radius 2 is 1.62 bits per heavy atom. The molecule has 4 N–H and O–H groups in total. The van der Waals surface area contributed by atoms with Gasteiger partial charge in [0.15, 0.2) is 0 Å². The third kappa shape index (κ3) is 4.83. The van der Waals surface area contributed by atoms with E-state index >= 15 is 0 Å². The molecule has 0 bridgehead atoms. The normalized spacial score (nSPS) is 10.2. The molecule has 0 spiro atoms. The Labute approximate surface area is 166 Å². The number of hydrogen-bond acceptors (Lipinski definition) is 6. The molecule has 0 aliphatic carbocycles. The van der Waals surface area contributed by atoms with Gasteiger partial charge in [-0.15, -0.1) is 0 Å². The van der Waals surface area contributed by atoms with Gasteiger partial charge < -0.3 is 21.3 Å². The zero-order valence-corrected chi connectivity index (χ0v) is 15.8. The summed E-state index contributed by atoms with van der Waals surface area (Å²) in [5, 5.41) is 11.2. The van der Waals surface area contributed by atoms with Crippen molar-refractivity contribution in [1.29, 1.82) is 0 Å². The Hall–Kier alpha value is -4.01. The molecule has 1 aromatic carbocycles. The van der Waals surface area contributed by atoms with E-state index in [-0.39, 0.29) is 11.8 Å². The number of anilines is 4. The van der Waals surface area contributed by atoms with Crippen molar-refractivity contribution >= 4 is 34.8 Å². The van der Waals surface area contributed by atoms with Crippen LogP contribution in [0, 0.1) is 5.82 Å². The van der Waals surface area contributed by atoms with E-state index in [9.17, 15) is 14.0 Å². The number of pyridine rings is 2. The lowest BCUT2D eigenvalue weighted by Gasteiger charge is -2.14. The molecular formula is C20H19FN6O2. The number of nitrogens with one attached hydrogen (secondary N) is 4. The third-order valence-electron chi connectivity index (χ3n) is 3.99. The van der Waals surface area contributed by atoms with Crippen molar-refractivity contribution in [1.82, 2.24) is 20.6 Å². The van der Waals surface area contributed by atoms with Gasteiger partial charge in [-0.05, 0) is 30.3 Å². The van der Waals surface area contributed by atoms with Crippen LogP contribution in [0.3, 0.4) is 0 Å². The number of halogens is 1. The van der Waals surface area contributed by atoms with Gasteiger partial charge in [-0.3, -0.25) is 9.59 Å². The van der Waals surface area contributed by atoms with Crippen LogP contribution in [-0.4, -0.2) is 35.9 Å². The van der Waals surface area contributed by atoms with Crippen LogP contribution in [0.25, 0.3) is 0 Å². The van der Waals surface area contributed by atoms with Gasteiger partial charge >= 0.3 is 0 Å². The number of amides is 2. The average Bonchev–Trinajstić information content (AvgIpc) is 2.74. The van der Waals surface area contributed by atoms with Crippen molar-refractivity contribution in [2.24, 2.45) is 0 Å². The van der Waals surface area contributed by atoms with Crippen LogP contribution in [0.5, 0.6) is 0 Å². The highest BCUT2D eigenvalue weighted by Crippen LogP contribution is 2.25. The van der Waals surface area contributed by atoms with Crippen LogP contribution in [0.15, 0.2) is 54.9 Å². The maximum atomic E-state index is 13.0. The van der Waals surface area contributed by atoms with Crippen molar-refractivity contribution in [3.63, 3.8) is 0 Å². The van der Waals surface area contributed by atoms with Gasteiger partial charge in [-0.2, -0.15) is 0 Å². The first-order valence-electron chi connectivity index (χ1n) is 8.70. The molecule has 0 saturated carbocycles. The molecule has 0 saturated heterocycles. The monoisotopic (exact) mass is 394 g/mol. The molecular weight excluding hydrogens is 375 g/mol. The predicted octanol–water partition coefficient (Wildman–Crippen LogP) is 2.82. The second-order valence-corrected chi connectivity index (χ2v) is 5.97. The smallest absolute Gasteiger partial charge is 0.254 e. The van der Waals surface area contributed by atoms with Crippen LogP contribution in [0.4, 0.5) is 27.4 Å². The number of carbonyl (C=O) groups excluding carboxylic acids is 2. The average molecular weight is 394 g/mol. The maximum absolute atomic E-state index is 13.0. The first-order valence-corrected chi connectivity index (χ1v) is 8.70. The number of aromatic nitrogens is 2. The Balaban J connectivity index is 1.93. The molecule has 9 heteroatoms. The number of carbonyl (C=O) groups is 2. The lowest BCUT2D eigenvalue weighted by molar-refractivity contribution is 0.0955. The zero-order chi connectivity index (χ0) is 20.8. The van der Waals surface area contributed by atoms with Crippen LogP contribution in [0.1, 0.15) is 20.7 Å². The summed E-state index contributed by atoms with van der Waals surface area (Å²) >= 11 is 0. The van der Waals surface area contributed by atoms with E-state index in [0.717, 1.165) is 6.20 Å². The number of nitrogens with zero attached hydrogens (tertiary/aromatic N) is 2. The molecule has 2 amide bonds. The molecule has 2 heterocycles. The van der Waals surface area contributed by atoms with E-state index < -0.39 is 5.82 Å². The molecule has 29 heavy (non-hydrogen) atoms.